The number of hydrogen-bond donors (Lipinski definition) is 0. The van der Waals surface area contributed by atoms with Crippen LogP contribution in [-0.2, 0) is 5.41 Å². The van der Waals surface area contributed by atoms with Crippen LogP contribution in [0.3, 0.4) is 0 Å². The topological polar surface area (TPSA) is 9.86 Å². The van der Waals surface area contributed by atoms with E-state index in [2.05, 4.69) is 217 Å². The fourth-order valence-electron chi connectivity index (χ4n) is 10.6. The molecular weight excluding hydrogens is 745 g/mol. The van der Waals surface area contributed by atoms with Gasteiger partial charge in [0.25, 0.3) is 0 Å². The Labute approximate surface area is 351 Å². The van der Waals surface area contributed by atoms with Crippen molar-refractivity contribution in [1.29, 1.82) is 0 Å². The van der Waals surface area contributed by atoms with Gasteiger partial charge in [0.15, 0.2) is 0 Å². The maximum absolute atomic E-state index is 2.51. The number of fused-ring (bicyclic) bond motifs is 12. The van der Waals surface area contributed by atoms with Crippen LogP contribution in [0.2, 0.25) is 0 Å². The number of thiophene rings is 1. The molecule has 0 bridgehead atoms. The van der Waals surface area contributed by atoms with Gasteiger partial charge in [-0.25, -0.2) is 0 Å². The van der Waals surface area contributed by atoms with Crippen LogP contribution in [0.4, 0.5) is 0 Å². The molecule has 0 N–H and O–H groups in total. The second-order valence-electron chi connectivity index (χ2n) is 16.9. The highest BCUT2D eigenvalue weighted by Crippen LogP contribution is 2.51. The molecule has 12 aromatic rings. The maximum atomic E-state index is 2.51. The molecule has 0 saturated carbocycles. The van der Waals surface area contributed by atoms with Gasteiger partial charge in [-0.2, -0.15) is 0 Å². The summed E-state index contributed by atoms with van der Waals surface area (Å²) in [5, 5.41) is 7.65. The summed E-state index contributed by atoms with van der Waals surface area (Å²) in [5.74, 6) is 0. The van der Waals surface area contributed by atoms with Gasteiger partial charge >= 0.3 is 0 Å². The lowest BCUT2D eigenvalue weighted by molar-refractivity contribution is 0.660. The minimum Gasteiger partial charge on any atom is -0.309 e. The molecule has 9 aromatic carbocycles. The van der Waals surface area contributed by atoms with Crippen molar-refractivity contribution in [2.75, 3.05) is 0 Å². The zero-order valence-electron chi connectivity index (χ0n) is 33.3. The van der Waals surface area contributed by atoms with E-state index in [0.29, 0.717) is 0 Å². The Bertz CT molecular complexity index is 3740. The highest BCUT2D eigenvalue weighted by atomic mass is 32.1. The average molecular weight is 783 g/mol. The zero-order valence-corrected chi connectivity index (χ0v) is 34.1. The van der Waals surface area contributed by atoms with Gasteiger partial charge in [0.1, 0.15) is 0 Å². The third kappa shape index (κ3) is 4.64. The highest BCUT2D eigenvalue weighted by Gasteiger charge is 2.35. The summed E-state index contributed by atoms with van der Waals surface area (Å²) in [6.45, 7) is 4.75. The van der Waals surface area contributed by atoms with Gasteiger partial charge < -0.3 is 9.13 Å². The second kappa shape index (κ2) is 12.4. The summed E-state index contributed by atoms with van der Waals surface area (Å²) in [5.41, 5.74) is 17.6. The molecule has 3 heterocycles. The Morgan fingerprint density at radius 3 is 1.85 bits per heavy atom. The number of hydrogen-bond acceptors (Lipinski definition) is 1. The van der Waals surface area contributed by atoms with Crippen molar-refractivity contribution in [2.45, 2.75) is 19.3 Å². The molecule has 0 fully saturated rings. The lowest BCUT2D eigenvalue weighted by atomic mass is 9.81. The van der Waals surface area contributed by atoms with E-state index < -0.39 is 0 Å². The largest absolute Gasteiger partial charge is 0.309 e. The van der Waals surface area contributed by atoms with Crippen LogP contribution < -0.4 is 0 Å². The van der Waals surface area contributed by atoms with E-state index in [-0.39, 0.29) is 5.41 Å². The van der Waals surface area contributed by atoms with Crippen molar-refractivity contribution < 1.29 is 0 Å². The minimum absolute atomic E-state index is 0.0828. The lowest BCUT2D eigenvalue weighted by Gasteiger charge is -2.22. The number of nitrogens with zero attached hydrogens (tertiary/aromatic N) is 2. The summed E-state index contributed by atoms with van der Waals surface area (Å²) in [4.78, 5) is 0. The van der Waals surface area contributed by atoms with Gasteiger partial charge in [0.2, 0.25) is 0 Å². The summed E-state index contributed by atoms with van der Waals surface area (Å²) >= 11 is 1.91. The molecule has 0 aliphatic heterocycles. The molecule has 1 aliphatic rings. The predicted octanol–water partition coefficient (Wildman–Crippen LogP) is 15.9. The van der Waals surface area contributed by atoms with E-state index in [1.165, 1.54) is 120 Å². The SMILES string of the molecule is CC1(C)c2ccccc2-c2ccc(-c3cc(-n4c5ccccc5c5c(-c6ccc7c8ccccc8n(-c8ccccc8)c7c6)cccc54)cc4c3sc3ccccc34)cc21. The van der Waals surface area contributed by atoms with Gasteiger partial charge in [-0.15, -0.1) is 11.3 Å². The number of aromatic nitrogens is 2. The van der Waals surface area contributed by atoms with Crippen molar-refractivity contribution in [2.24, 2.45) is 0 Å². The summed E-state index contributed by atoms with van der Waals surface area (Å²) in [6.07, 6.45) is 0. The Morgan fingerprint density at radius 1 is 0.367 bits per heavy atom. The number of rotatable bonds is 4. The first-order chi connectivity index (χ1) is 29.5. The zero-order chi connectivity index (χ0) is 39.7. The van der Waals surface area contributed by atoms with Gasteiger partial charge in [0.05, 0.1) is 22.1 Å². The van der Waals surface area contributed by atoms with E-state index in [1.807, 2.05) is 11.3 Å². The molecule has 0 amide bonds. The molecule has 60 heavy (non-hydrogen) atoms. The van der Waals surface area contributed by atoms with Gasteiger partial charge in [0, 0.05) is 64.1 Å². The van der Waals surface area contributed by atoms with Crippen molar-refractivity contribution in [3.8, 4) is 44.8 Å². The van der Waals surface area contributed by atoms with E-state index in [0.717, 1.165) is 0 Å². The lowest BCUT2D eigenvalue weighted by Crippen LogP contribution is -2.14. The Hall–Kier alpha value is -7.20. The molecule has 0 atom stereocenters. The van der Waals surface area contributed by atoms with Crippen LogP contribution in [0, 0.1) is 0 Å². The highest BCUT2D eigenvalue weighted by molar-refractivity contribution is 7.26. The number of benzene rings is 9. The predicted molar refractivity (Wildman–Crippen MR) is 256 cm³/mol. The van der Waals surface area contributed by atoms with Crippen LogP contribution in [0.15, 0.2) is 194 Å². The van der Waals surface area contributed by atoms with Crippen molar-refractivity contribution in [3.05, 3.63) is 205 Å². The first kappa shape index (κ1) is 33.7. The molecule has 3 aromatic heterocycles. The van der Waals surface area contributed by atoms with Crippen LogP contribution in [0.25, 0.3) is 109 Å². The van der Waals surface area contributed by atoms with Crippen molar-refractivity contribution in [1.82, 2.24) is 9.13 Å². The monoisotopic (exact) mass is 782 g/mol. The number of para-hydroxylation sites is 3. The molecule has 13 rings (SSSR count). The van der Waals surface area contributed by atoms with E-state index >= 15 is 0 Å². The Balaban J connectivity index is 1.06. The minimum atomic E-state index is -0.0828. The quantitative estimate of drug-likeness (QED) is 0.168. The van der Waals surface area contributed by atoms with Crippen molar-refractivity contribution >= 4 is 75.1 Å². The standard InChI is InChI=1S/C57H38N2S/c1-57(2)48-22-10-6-17-40(48)41-29-27-35(31-49(41)57)46-33-38(34-47-44-19-9-13-26-54(44)60-56(46)47)59-51-24-12-8-20-45(51)55-39(21-14-25-52(55)59)36-28-30-43-42-18-7-11-23-50(42)58(53(43)32-36)37-15-4-3-5-16-37/h3-34H,1-2H3. The van der Waals surface area contributed by atoms with E-state index in [9.17, 15) is 0 Å². The normalized spacial score (nSPS) is 13.3. The summed E-state index contributed by atoms with van der Waals surface area (Å²) in [6, 6.07) is 72.3. The second-order valence-corrected chi connectivity index (χ2v) is 17.9. The molecular formula is C57H38N2S. The van der Waals surface area contributed by atoms with E-state index in [1.54, 1.807) is 0 Å². The Morgan fingerprint density at radius 2 is 0.983 bits per heavy atom. The Kier molecular flexibility index (Phi) is 6.98. The maximum Gasteiger partial charge on any atom is 0.0547 e. The third-order valence-corrected chi connectivity index (χ3v) is 14.5. The molecule has 3 heteroatoms. The van der Waals surface area contributed by atoms with Crippen LogP contribution in [-0.4, -0.2) is 9.13 Å². The molecule has 0 radical (unpaired) electrons. The fourth-order valence-corrected chi connectivity index (χ4v) is 11.8. The molecule has 1 aliphatic carbocycles. The van der Waals surface area contributed by atoms with Crippen LogP contribution >= 0.6 is 11.3 Å². The average Bonchev–Trinajstić information content (AvgIpc) is 4.01. The molecule has 282 valence electrons. The molecule has 0 unspecified atom stereocenters. The fraction of sp³-hybridized carbons (Fsp3) is 0.0526. The van der Waals surface area contributed by atoms with E-state index in [4.69, 9.17) is 0 Å². The van der Waals surface area contributed by atoms with Crippen LogP contribution in [0.5, 0.6) is 0 Å². The first-order valence-corrected chi connectivity index (χ1v) is 21.7. The third-order valence-electron chi connectivity index (χ3n) is 13.3. The summed E-state index contributed by atoms with van der Waals surface area (Å²) < 4.78 is 7.57. The summed E-state index contributed by atoms with van der Waals surface area (Å²) in [7, 11) is 0. The molecule has 2 nitrogen and oxygen atoms in total. The first-order valence-electron chi connectivity index (χ1n) is 20.8. The smallest absolute Gasteiger partial charge is 0.0547 e. The molecule has 0 saturated heterocycles. The van der Waals surface area contributed by atoms with Gasteiger partial charge in [-0.3, -0.25) is 0 Å². The van der Waals surface area contributed by atoms with Crippen molar-refractivity contribution in [3.63, 3.8) is 0 Å². The van der Waals surface area contributed by atoms with Crippen LogP contribution in [0.1, 0.15) is 25.0 Å². The van der Waals surface area contributed by atoms with Gasteiger partial charge in [-0.05, 0) is 99.6 Å². The van der Waals surface area contributed by atoms with Gasteiger partial charge in [-0.1, -0.05) is 147 Å². The molecule has 0 spiro atoms.